The average molecular weight is 563 g/mol. The Kier molecular flexibility index (Phi) is 9.59. The Morgan fingerprint density at radius 3 is 2.22 bits per heavy atom. The second-order valence-electron chi connectivity index (χ2n) is 8.44. The van der Waals surface area contributed by atoms with Gasteiger partial charge in [0.05, 0.1) is 20.6 Å². The normalized spacial score (nSPS) is 12.0. The molecule has 0 aliphatic heterocycles. The Balaban J connectivity index is 2.05. The molecule has 2 amide bonds. The van der Waals surface area contributed by atoms with Gasteiger partial charge in [-0.3, -0.25) is 13.9 Å². The van der Waals surface area contributed by atoms with Crippen LogP contribution in [-0.2, 0) is 26.2 Å². The second kappa shape index (κ2) is 12.4. The monoisotopic (exact) mass is 561 g/mol. The van der Waals surface area contributed by atoms with E-state index in [0.717, 1.165) is 15.4 Å². The maximum Gasteiger partial charge on any atom is 0.264 e. The quantitative estimate of drug-likeness (QED) is 0.375. The first-order valence-electron chi connectivity index (χ1n) is 11.7. The van der Waals surface area contributed by atoms with Crippen LogP contribution >= 0.6 is 23.2 Å². The van der Waals surface area contributed by atoms with Crippen LogP contribution in [0.3, 0.4) is 0 Å². The SMILES string of the molecule is CCNC(=O)C(C)N(Cc1ccccc1C)C(=O)CN(c1ccc(Cl)c(Cl)c1)S(=O)(=O)c1ccccc1. The van der Waals surface area contributed by atoms with E-state index in [1.165, 1.54) is 35.2 Å². The van der Waals surface area contributed by atoms with Crippen LogP contribution in [0.5, 0.6) is 0 Å². The lowest BCUT2D eigenvalue weighted by Gasteiger charge is -2.32. The summed E-state index contributed by atoms with van der Waals surface area (Å²) in [5, 5.41) is 3.13. The highest BCUT2D eigenvalue weighted by atomic mass is 35.5. The molecule has 0 saturated heterocycles. The molecule has 0 saturated carbocycles. The number of carbonyl (C=O) groups excluding carboxylic acids is 2. The molecule has 7 nitrogen and oxygen atoms in total. The molecule has 0 spiro atoms. The molecule has 1 unspecified atom stereocenters. The fraction of sp³-hybridized carbons (Fsp3) is 0.259. The largest absolute Gasteiger partial charge is 0.355 e. The molecule has 0 bridgehead atoms. The first kappa shape index (κ1) is 28.5. The molecular weight excluding hydrogens is 533 g/mol. The lowest BCUT2D eigenvalue weighted by Crippen LogP contribution is -2.51. The number of anilines is 1. The van der Waals surface area contributed by atoms with Crippen molar-refractivity contribution in [2.75, 3.05) is 17.4 Å². The number of hydrogen-bond acceptors (Lipinski definition) is 4. The summed E-state index contributed by atoms with van der Waals surface area (Å²) < 4.78 is 28.4. The van der Waals surface area contributed by atoms with Gasteiger partial charge in [0.1, 0.15) is 12.6 Å². The zero-order valence-electron chi connectivity index (χ0n) is 20.8. The highest BCUT2D eigenvalue weighted by molar-refractivity contribution is 7.92. The molecular formula is C27H29Cl2N3O4S. The zero-order chi connectivity index (χ0) is 27.2. The molecule has 37 heavy (non-hydrogen) atoms. The molecule has 0 fully saturated rings. The maximum absolute atomic E-state index is 13.8. The smallest absolute Gasteiger partial charge is 0.264 e. The van der Waals surface area contributed by atoms with E-state index >= 15 is 0 Å². The maximum atomic E-state index is 13.8. The van der Waals surface area contributed by atoms with Crippen LogP contribution in [0.15, 0.2) is 77.7 Å². The van der Waals surface area contributed by atoms with Gasteiger partial charge >= 0.3 is 0 Å². The first-order chi connectivity index (χ1) is 17.6. The highest BCUT2D eigenvalue weighted by Crippen LogP contribution is 2.31. The standard InChI is InChI=1S/C27H29Cl2N3O4S/c1-4-30-27(34)20(3)31(17-21-11-9-8-10-19(21)2)26(33)18-32(22-14-15-24(28)25(29)16-22)37(35,36)23-12-6-5-7-13-23/h5-16,20H,4,17-18H2,1-3H3,(H,30,34). The van der Waals surface area contributed by atoms with Crippen molar-refractivity contribution >= 4 is 50.7 Å². The van der Waals surface area contributed by atoms with Gasteiger partial charge in [0.25, 0.3) is 10.0 Å². The molecule has 0 aromatic heterocycles. The van der Waals surface area contributed by atoms with Gasteiger partial charge in [-0.15, -0.1) is 0 Å². The average Bonchev–Trinajstić information content (AvgIpc) is 2.88. The first-order valence-corrected chi connectivity index (χ1v) is 13.9. The van der Waals surface area contributed by atoms with Gasteiger partial charge in [-0.2, -0.15) is 0 Å². The minimum atomic E-state index is -4.17. The van der Waals surface area contributed by atoms with E-state index in [9.17, 15) is 18.0 Å². The van der Waals surface area contributed by atoms with Gasteiger partial charge in [-0.1, -0.05) is 65.7 Å². The van der Waals surface area contributed by atoms with Gasteiger partial charge in [0.15, 0.2) is 0 Å². The van der Waals surface area contributed by atoms with E-state index in [1.807, 2.05) is 31.2 Å². The molecule has 0 heterocycles. The zero-order valence-corrected chi connectivity index (χ0v) is 23.1. The minimum absolute atomic E-state index is 0.0103. The van der Waals surface area contributed by atoms with Crippen molar-refractivity contribution in [2.24, 2.45) is 0 Å². The number of rotatable bonds is 10. The number of likely N-dealkylation sites (N-methyl/N-ethyl adjacent to an activating group) is 1. The van der Waals surface area contributed by atoms with Crippen LogP contribution in [0.25, 0.3) is 0 Å². The Morgan fingerprint density at radius 1 is 0.946 bits per heavy atom. The lowest BCUT2D eigenvalue weighted by molar-refractivity contribution is -0.139. The topological polar surface area (TPSA) is 86.8 Å². The van der Waals surface area contributed by atoms with E-state index in [-0.39, 0.29) is 33.1 Å². The van der Waals surface area contributed by atoms with E-state index < -0.39 is 28.5 Å². The van der Waals surface area contributed by atoms with Gasteiger partial charge < -0.3 is 10.2 Å². The third-order valence-electron chi connectivity index (χ3n) is 5.92. The van der Waals surface area contributed by atoms with E-state index in [4.69, 9.17) is 23.2 Å². The number of halogens is 2. The Bertz CT molecular complexity index is 1370. The van der Waals surface area contributed by atoms with Crippen molar-refractivity contribution in [3.05, 3.63) is 94.0 Å². The van der Waals surface area contributed by atoms with Crippen molar-refractivity contribution < 1.29 is 18.0 Å². The lowest BCUT2D eigenvalue weighted by atomic mass is 10.1. The van der Waals surface area contributed by atoms with Crippen molar-refractivity contribution in [3.63, 3.8) is 0 Å². The highest BCUT2D eigenvalue weighted by Gasteiger charge is 2.32. The van der Waals surface area contributed by atoms with Crippen LogP contribution in [0, 0.1) is 6.92 Å². The van der Waals surface area contributed by atoms with Crippen molar-refractivity contribution in [2.45, 2.75) is 38.3 Å². The van der Waals surface area contributed by atoms with Crippen molar-refractivity contribution in [1.29, 1.82) is 0 Å². The molecule has 0 aliphatic carbocycles. The third-order valence-corrected chi connectivity index (χ3v) is 8.45. The summed E-state index contributed by atoms with van der Waals surface area (Å²) in [5.41, 5.74) is 1.97. The summed E-state index contributed by atoms with van der Waals surface area (Å²) in [4.78, 5) is 28.0. The second-order valence-corrected chi connectivity index (χ2v) is 11.1. The number of benzene rings is 3. The number of sulfonamides is 1. The molecule has 10 heteroatoms. The number of nitrogens with zero attached hydrogens (tertiary/aromatic N) is 2. The number of amides is 2. The molecule has 3 aromatic rings. The van der Waals surface area contributed by atoms with Crippen LogP contribution in [0.1, 0.15) is 25.0 Å². The third kappa shape index (κ3) is 6.83. The summed E-state index contributed by atoms with van der Waals surface area (Å²) in [5.74, 6) is -0.885. The fourth-order valence-electron chi connectivity index (χ4n) is 3.76. The number of carbonyl (C=O) groups is 2. The van der Waals surface area contributed by atoms with E-state index in [2.05, 4.69) is 5.32 Å². The van der Waals surface area contributed by atoms with E-state index in [1.54, 1.807) is 32.0 Å². The number of hydrogen-bond donors (Lipinski definition) is 1. The van der Waals surface area contributed by atoms with Crippen molar-refractivity contribution in [1.82, 2.24) is 10.2 Å². The summed E-state index contributed by atoms with van der Waals surface area (Å²) in [7, 11) is -4.17. The Morgan fingerprint density at radius 2 is 1.59 bits per heavy atom. The molecule has 1 atom stereocenters. The molecule has 3 rings (SSSR count). The van der Waals surface area contributed by atoms with Gasteiger partial charge in [-0.05, 0) is 62.2 Å². The van der Waals surface area contributed by atoms with Crippen LogP contribution < -0.4 is 9.62 Å². The van der Waals surface area contributed by atoms with Crippen molar-refractivity contribution in [3.8, 4) is 0 Å². The predicted molar refractivity (Wildman–Crippen MR) is 147 cm³/mol. The van der Waals surface area contributed by atoms with Gasteiger partial charge in [-0.25, -0.2) is 8.42 Å². The summed E-state index contributed by atoms with van der Waals surface area (Å²) in [6, 6.07) is 18.8. The molecule has 0 radical (unpaired) electrons. The molecule has 0 aliphatic rings. The molecule has 3 aromatic carbocycles. The van der Waals surface area contributed by atoms with Gasteiger partial charge in [0.2, 0.25) is 11.8 Å². The molecule has 196 valence electrons. The minimum Gasteiger partial charge on any atom is -0.355 e. The fourth-order valence-corrected chi connectivity index (χ4v) is 5.48. The number of aryl methyl sites for hydroxylation is 1. The van der Waals surface area contributed by atoms with Crippen LogP contribution in [0.4, 0.5) is 5.69 Å². The Labute approximate surface area is 228 Å². The van der Waals surface area contributed by atoms with Gasteiger partial charge in [0, 0.05) is 13.1 Å². The summed E-state index contributed by atoms with van der Waals surface area (Å²) >= 11 is 12.3. The van der Waals surface area contributed by atoms with Crippen LogP contribution in [-0.4, -0.2) is 44.3 Å². The Hall–Kier alpha value is -3.07. The van der Waals surface area contributed by atoms with E-state index in [0.29, 0.717) is 6.54 Å². The predicted octanol–water partition coefficient (Wildman–Crippen LogP) is 5.05. The summed E-state index contributed by atoms with van der Waals surface area (Å²) in [6.07, 6.45) is 0. The summed E-state index contributed by atoms with van der Waals surface area (Å²) in [6.45, 7) is 5.30. The van der Waals surface area contributed by atoms with Crippen LogP contribution in [0.2, 0.25) is 10.0 Å². The number of nitrogens with one attached hydrogen (secondary N) is 1. The molecule has 1 N–H and O–H groups in total.